The van der Waals surface area contributed by atoms with E-state index >= 15 is 0 Å². The Kier molecular flexibility index (Phi) is 3.79. The molecule has 1 aromatic rings. The maximum atomic E-state index is 11.4. The molecule has 0 aliphatic rings. The maximum Gasteiger partial charge on any atom is 0.240 e. The van der Waals surface area contributed by atoms with Crippen LogP contribution >= 0.6 is 15.9 Å². The molecule has 1 rings (SSSR count). The first-order valence-corrected chi connectivity index (χ1v) is 6.03. The van der Waals surface area contributed by atoms with Gasteiger partial charge in [0.25, 0.3) is 0 Å². The number of nitrogens with one attached hydrogen (secondary N) is 1. The summed E-state index contributed by atoms with van der Waals surface area (Å²) in [6.45, 7) is -0.210. The molecule has 4 nitrogen and oxygen atoms in total. The molecule has 0 bridgehead atoms. The van der Waals surface area contributed by atoms with Crippen molar-refractivity contribution in [2.75, 3.05) is 6.54 Å². The van der Waals surface area contributed by atoms with E-state index in [1.807, 2.05) is 0 Å². The Morgan fingerprint density at radius 2 is 1.86 bits per heavy atom. The number of carbonyl (C=O) groups excluding carboxylic acids is 1. The monoisotopic (exact) mass is 277 g/mol. The molecule has 0 aliphatic heterocycles. The third-order valence-corrected chi connectivity index (χ3v) is 3.45. The molecule has 0 unspecified atom stereocenters. The molecule has 0 saturated heterocycles. The molecule has 0 aromatic heterocycles. The van der Waals surface area contributed by atoms with Gasteiger partial charge in [-0.3, -0.25) is 0 Å². The van der Waals surface area contributed by atoms with Crippen LogP contribution in [-0.4, -0.2) is 21.2 Å². The molecule has 14 heavy (non-hydrogen) atoms. The summed E-state index contributed by atoms with van der Waals surface area (Å²) in [6, 6.07) is 6.15. The molecule has 0 aliphatic carbocycles. The number of hydrogen-bond donors (Lipinski definition) is 1. The fraction of sp³-hybridized carbons (Fsp3) is 0.125. The second-order valence-electron chi connectivity index (χ2n) is 2.47. The van der Waals surface area contributed by atoms with Gasteiger partial charge in [-0.1, -0.05) is 15.9 Å². The van der Waals surface area contributed by atoms with Crippen LogP contribution in [0.3, 0.4) is 0 Å². The second kappa shape index (κ2) is 4.68. The van der Waals surface area contributed by atoms with Crippen LogP contribution in [0, 0.1) is 0 Å². The van der Waals surface area contributed by atoms with Crippen molar-refractivity contribution in [1.82, 2.24) is 4.72 Å². The van der Waals surface area contributed by atoms with Crippen LogP contribution in [0.25, 0.3) is 0 Å². The molecule has 0 atom stereocenters. The summed E-state index contributed by atoms with van der Waals surface area (Å²) in [5.74, 6) is 0. The Bertz CT molecular complexity index is 413. The zero-order chi connectivity index (χ0) is 10.6. The third-order valence-electron chi connectivity index (χ3n) is 1.48. The lowest BCUT2D eigenvalue weighted by Gasteiger charge is -2.03. The molecule has 0 saturated carbocycles. The SMILES string of the molecule is O=CCNS(=O)(=O)c1ccc(Br)cc1. The number of benzene rings is 1. The molecule has 0 fully saturated rings. The Morgan fingerprint density at radius 3 is 2.36 bits per heavy atom. The molecular weight excluding hydrogens is 270 g/mol. The summed E-state index contributed by atoms with van der Waals surface area (Å²) in [5.41, 5.74) is 0. The van der Waals surface area contributed by atoms with E-state index in [4.69, 9.17) is 0 Å². The van der Waals surface area contributed by atoms with Crippen molar-refractivity contribution in [3.8, 4) is 0 Å². The molecule has 6 heteroatoms. The van der Waals surface area contributed by atoms with Gasteiger partial charge in [0.1, 0.15) is 6.29 Å². The number of carbonyl (C=O) groups is 1. The molecule has 1 aromatic carbocycles. The van der Waals surface area contributed by atoms with Crippen molar-refractivity contribution < 1.29 is 13.2 Å². The predicted octanol–water partition coefficient (Wildman–Crippen LogP) is 0.926. The molecule has 76 valence electrons. The number of hydrogen-bond acceptors (Lipinski definition) is 3. The summed E-state index contributed by atoms with van der Waals surface area (Å²) < 4.78 is 25.8. The van der Waals surface area contributed by atoms with Crippen molar-refractivity contribution in [3.05, 3.63) is 28.7 Å². The normalized spacial score (nSPS) is 11.2. The van der Waals surface area contributed by atoms with Gasteiger partial charge in [0, 0.05) is 4.47 Å². The summed E-state index contributed by atoms with van der Waals surface area (Å²) in [7, 11) is -3.54. The van der Waals surface area contributed by atoms with Crippen molar-refractivity contribution in [2.24, 2.45) is 0 Å². The number of sulfonamides is 1. The Morgan fingerprint density at radius 1 is 1.29 bits per heavy atom. The van der Waals surface area contributed by atoms with Gasteiger partial charge in [-0.2, -0.15) is 0 Å². The standard InChI is InChI=1S/C8H8BrNO3S/c9-7-1-3-8(4-2-7)14(12,13)10-5-6-11/h1-4,6,10H,5H2. The lowest BCUT2D eigenvalue weighted by Crippen LogP contribution is -2.25. The summed E-state index contributed by atoms with van der Waals surface area (Å²) in [6.07, 6.45) is 0.496. The van der Waals surface area contributed by atoms with Gasteiger partial charge in [0.2, 0.25) is 10.0 Å². The van der Waals surface area contributed by atoms with Crippen LogP contribution in [0.15, 0.2) is 33.6 Å². The average Bonchev–Trinajstić information content (AvgIpc) is 2.16. The molecule has 1 N–H and O–H groups in total. The minimum Gasteiger partial charge on any atom is -0.302 e. The highest BCUT2D eigenvalue weighted by Crippen LogP contribution is 2.13. The minimum absolute atomic E-state index is 0.141. The van der Waals surface area contributed by atoms with Crippen molar-refractivity contribution in [1.29, 1.82) is 0 Å². The quantitative estimate of drug-likeness (QED) is 0.833. The molecule has 0 heterocycles. The molecule has 0 radical (unpaired) electrons. The van der Waals surface area contributed by atoms with E-state index in [0.29, 0.717) is 6.29 Å². The van der Waals surface area contributed by atoms with Gasteiger partial charge in [-0.15, -0.1) is 0 Å². The van der Waals surface area contributed by atoms with E-state index in [0.717, 1.165) is 4.47 Å². The van der Waals surface area contributed by atoms with E-state index in [-0.39, 0.29) is 11.4 Å². The molecule has 0 spiro atoms. The lowest BCUT2D eigenvalue weighted by molar-refractivity contribution is -0.106. The highest BCUT2D eigenvalue weighted by Gasteiger charge is 2.11. The molecular formula is C8H8BrNO3S. The van der Waals surface area contributed by atoms with Crippen molar-refractivity contribution in [2.45, 2.75) is 4.90 Å². The summed E-state index contributed by atoms with van der Waals surface area (Å²) in [4.78, 5) is 10.1. The number of rotatable bonds is 4. The fourth-order valence-corrected chi connectivity index (χ4v) is 2.05. The minimum atomic E-state index is -3.54. The van der Waals surface area contributed by atoms with Gasteiger partial charge in [-0.25, -0.2) is 13.1 Å². The van der Waals surface area contributed by atoms with Crippen LogP contribution in [0.2, 0.25) is 0 Å². The first kappa shape index (κ1) is 11.4. The largest absolute Gasteiger partial charge is 0.302 e. The van der Waals surface area contributed by atoms with Gasteiger partial charge < -0.3 is 4.79 Å². The van der Waals surface area contributed by atoms with Crippen LogP contribution in [0.4, 0.5) is 0 Å². The van der Waals surface area contributed by atoms with Crippen LogP contribution in [0.1, 0.15) is 0 Å². The van der Waals surface area contributed by atoms with Gasteiger partial charge >= 0.3 is 0 Å². The van der Waals surface area contributed by atoms with Crippen LogP contribution < -0.4 is 4.72 Å². The van der Waals surface area contributed by atoms with E-state index in [9.17, 15) is 13.2 Å². The smallest absolute Gasteiger partial charge is 0.240 e. The van der Waals surface area contributed by atoms with Gasteiger partial charge in [0.05, 0.1) is 11.4 Å². The van der Waals surface area contributed by atoms with Crippen molar-refractivity contribution >= 4 is 32.2 Å². The van der Waals surface area contributed by atoms with Crippen molar-refractivity contribution in [3.63, 3.8) is 0 Å². The lowest BCUT2D eigenvalue weighted by atomic mass is 10.4. The first-order chi connectivity index (χ1) is 6.56. The Labute approximate surface area is 90.5 Å². The highest BCUT2D eigenvalue weighted by molar-refractivity contribution is 9.10. The molecule has 0 amide bonds. The maximum absolute atomic E-state index is 11.4. The summed E-state index contributed by atoms with van der Waals surface area (Å²) in [5, 5.41) is 0. The topological polar surface area (TPSA) is 63.2 Å². The number of aldehydes is 1. The summed E-state index contributed by atoms with van der Waals surface area (Å²) >= 11 is 3.19. The second-order valence-corrected chi connectivity index (χ2v) is 5.16. The number of halogens is 1. The van der Waals surface area contributed by atoms with Gasteiger partial charge in [0.15, 0.2) is 0 Å². The van der Waals surface area contributed by atoms with Crippen LogP contribution in [0.5, 0.6) is 0 Å². The van der Waals surface area contributed by atoms with E-state index in [2.05, 4.69) is 20.7 Å². The van der Waals surface area contributed by atoms with E-state index in [1.165, 1.54) is 12.1 Å². The highest BCUT2D eigenvalue weighted by atomic mass is 79.9. The van der Waals surface area contributed by atoms with Crippen LogP contribution in [-0.2, 0) is 14.8 Å². The zero-order valence-corrected chi connectivity index (χ0v) is 9.51. The predicted molar refractivity (Wildman–Crippen MR) is 55.4 cm³/mol. The third kappa shape index (κ3) is 2.90. The zero-order valence-electron chi connectivity index (χ0n) is 7.10. The van der Waals surface area contributed by atoms with Gasteiger partial charge in [-0.05, 0) is 24.3 Å². The first-order valence-electron chi connectivity index (χ1n) is 3.75. The fourth-order valence-electron chi connectivity index (χ4n) is 0.841. The van der Waals surface area contributed by atoms with E-state index in [1.54, 1.807) is 12.1 Å². The average molecular weight is 278 g/mol. The Balaban J connectivity index is 2.93. The van der Waals surface area contributed by atoms with E-state index < -0.39 is 10.0 Å². The Hall–Kier alpha value is -0.720.